The van der Waals surface area contributed by atoms with E-state index >= 15 is 0 Å². The number of carbonyl (C=O) groups excluding carboxylic acids is 3. The molecule has 0 aromatic carbocycles. The van der Waals surface area contributed by atoms with Gasteiger partial charge in [-0.25, -0.2) is 4.79 Å². The summed E-state index contributed by atoms with van der Waals surface area (Å²) in [4.78, 5) is 37.9. The molecule has 2 aliphatic rings. The van der Waals surface area contributed by atoms with Crippen molar-refractivity contribution in [3.05, 3.63) is 0 Å². The predicted molar refractivity (Wildman–Crippen MR) is 80.0 cm³/mol. The molecule has 7 heteroatoms. The first-order valence-corrected chi connectivity index (χ1v) is 7.98. The Hall–Kier alpha value is -1.24. The fourth-order valence-electron chi connectivity index (χ4n) is 2.61. The number of ether oxygens (including phenoxy) is 1. The summed E-state index contributed by atoms with van der Waals surface area (Å²) >= 11 is 1.04. The summed E-state index contributed by atoms with van der Waals surface area (Å²) in [5.74, 6) is 0.206. The van der Waals surface area contributed by atoms with Crippen LogP contribution < -0.4 is 0 Å². The van der Waals surface area contributed by atoms with Crippen molar-refractivity contribution in [3.63, 3.8) is 0 Å². The summed E-state index contributed by atoms with van der Waals surface area (Å²) in [5, 5.41) is -0.0432. The number of thioether (sulfide) groups is 1. The fraction of sp³-hybridized carbons (Fsp3) is 0.786. The number of carbonyl (C=O) groups is 3. The van der Waals surface area contributed by atoms with Crippen LogP contribution in [-0.2, 0) is 14.3 Å². The molecule has 2 rings (SSSR count). The van der Waals surface area contributed by atoms with Crippen LogP contribution in [0.2, 0.25) is 0 Å². The van der Waals surface area contributed by atoms with E-state index in [0.29, 0.717) is 26.2 Å². The van der Waals surface area contributed by atoms with E-state index < -0.39 is 5.60 Å². The normalized spacial score (nSPS) is 19.8. The first-order valence-electron chi connectivity index (χ1n) is 6.99. The maximum atomic E-state index is 11.8. The topological polar surface area (TPSA) is 66.9 Å². The maximum Gasteiger partial charge on any atom is 0.410 e. The first-order chi connectivity index (χ1) is 9.60. The Kier molecular flexibility index (Phi) is 4.24. The molecule has 2 aliphatic heterocycles. The minimum atomic E-state index is -0.481. The van der Waals surface area contributed by atoms with Gasteiger partial charge in [-0.2, -0.15) is 0 Å². The molecule has 2 fully saturated rings. The summed E-state index contributed by atoms with van der Waals surface area (Å²) in [6.07, 6.45) is -0.287. The third-order valence-electron chi connectivity index (χ3n) is 3.51. The van der Waals surface area contributed by atoms with Gasteiger partial charge in [0.25, 0.3) is 0 Å². The van der Waals surface area contributed by atoms with E-state index in [0.717, 1.165) is 11.8 Å². The molecule has 0 radical (unpaired) electrons. The van der Waals surface area contributed by atoms with Crippen LogP contribution in [0.15, 0.2) is 0 Å². The SMILES string of the molecule is CC(=O)SCC(=O)N1CC2(C1)CN(C(=O)OC(C)(C)C)C2. The van der Waals surface area contributed by atoms with E-state index in [4.69, 9.17) is 4.74 Å². The van der Waals surface area contributed by atoms with Crippen molar-refractivity contribution in [3.8, 4) is 0 Å². The van der Waals surface area contributed by atoms with Crippen molar-refractivity contribution in [2.24, 2.45) is 5.41 Å². The fourth-order valence-corrected chi connectivity index (χ4v) is 3.12. The van der Waals surface area contributed by atoms with Gasteiger partial charge in [-0.3, -0.25) is 9.59 Å². The summed E-state index contributed by atoms with van der Waals surface area (Å²) in [6, 6.07) is 0. The van der Waals surface area contributed by atoms with Gasteiger partial charge in [0.05, 0.1) is 5.75 Å². The van der Waals surface area contributed by atoms with Gasteiger partial charge in [0.2, 0.25) is 5.91 Å². The highest BCUT2D eigenvalue weighted by Gasteiger charge is 2.55. The Balaban J connectivity index is 1.71. The smallest absolute Gasteiger partial charge is 0.410 e. The largest absolute Gasteiger partial charge is 0.444 e. The van der Waals surface area contributed by atoms with Crippen LogP contribution in [-0.4, -0.2) is 64.4 Å². The molecular weight excluding hydrogens is 292 g/mol. The molecule has 118 valence electrons. The maximum absolute atomic E-state index is 11.8. The molecule has 0 atom stereocenters. The third-order valence-corrected chi connectivity index (χ3v) is 4.31. The quantitative estimate of drug-likeness (QED) is 0.769. The average molecular weight is 314 g/mol. The van der Waals surface area contributed by atoms with Crippen molar-refractivity contribution < 1.29 is 19.1 Å². The van der Waals surface area contributed by atoms with E-state index in [1.165, 1.54) is 6.92 Å². The monoisotopic (exact) mass is 314 g/mol. The molecule has 21 heavy (non-hydrogen) atoms. The minimum Gasteiger partial charge on any atom is -0.444 e. The van der Waals surface area contributed by atoms with E-state index in [1.807, 2.05) is 20.8 Å². The van der Waals surface area contributed by atoms with E-state index in [-0.39, 0.29) is 28.3 Å². The van der Waals surface area contributed by atoms with Crippen molar-refractivity contribution >= 4 is 28.9 Å². The molecule has 6 nitrogen and oxygen atoms in total. The average Bonchev–Trinajstić information content (AvgIpc) is 2.19. The summed E-state index contributed by atoms with van der Waals surface area (Å²) in [5.41, 5.74) is -0.432. The second-order valence-corrected chi connectivity index (χ2v) is 8.02. The predicted octanol–water partition coefficient (Wildman–Crippen LogP) is 1.35. The van der Waals surface area contributed by atoms with E-state index in [1.54, 1.807) is 9.80 Å². The molecule has 0 bridgehead atoms. The number of hydrogen-bond donors (Lipinski definition) is 0. The lowest BCUT2D eigenvalue weighted by Crippen LogP contribution is -2.74. The molecule has 2 heterocycles. The van der Waals surface area contributed by atoms with Crippen LogP contribution in [0.5, 0.6) is 0 Å². The van der Waals surface area contributed by atoms with Gasteiger partial charge in [0.15, 0.2) is 5.12 Å². The Morgan fingerprint density at radius 2 is 1.62 bits per heavy atom. The minimum absolute atomic E-state index is 0.00320. The Bertz CT molecular complexity index is 458. The van der Waals surface area contributed by atoms with Gasteiger partial charge in [0, 0.05) is 38.5 Å². The molecule has 0 aliphatic carbocycles. The number of likely N-dealkylation sites (tertiary alicyclic amines) is 2. The van der Waals surface area contributed by atoms with E-state index in [9.17, 15) is 14.4 Å². The van der Waals surface area contributed by atoms with Gasteiger partial charge >= 0.3 is 6.09 Å². The molecule has 0 N–H and O–H groups in total. The second-order valence-electron chi connectivity index (χ2n) is 6.87. The number of hydrogen-bond acceptors (Lipinski definition) is 5. The molecule has 0 aromatic rings. The summed E-state index contributed by atoms with van der Waals surface area (Å²) in [7, 11) is 0. The summed E-state index contributed by atoms with van der Waals surface area (Å²) in [6.45, 7) is 9.62. The van der Waals surface area contributed by atoms with Gasteiger partial charge in [-0.05, 0) is 20.8 Å². The van der Waals surface area contributed by atoms with Crippen LogP contribution in [0.1, 0.15) is 27.7 Å². The molecule has 2 amide bonds. The molecule has 0 saturated carbocycles. The van der Waals surface area contributed by atoms with Crippen LogP contribution >= 0.6 is 11.8 Å². The Morgan fingerprint density at radius 1 is 1.10 bits per heavy atom. The van der Waals surface area contributed by atoms with Gasteiger partial charge < -0.3 is 14.5 Å². The van der Waals surface area contributed by atoms with Gasteiger partial charge in [0.1, 0.15) is 5.60 Å². The zero-order valence-corrected chi connectivity index (χ0v) is 13.8. The second kappa shape index (κ2) is 5.51. The lowest BCUT2D eigenvalue weighted by Gasteiger charge is -2.59. The number of amides is 2. The van der Waals surface area contributed by atoms with Gasteiger partial charge in [-0.15, -0.1) is 0 Å². The number of nitrogens with zero attached hydrogens (tertiary/aromatic N) is 2. The van der Waals surface area contributed by atoms with Crippen molar-refractivity contribution in [2.45, 2.75) is 33.3 Å². The zero-order valence-electron chi connectivity index (χ0n) is 13.0. The van der Waals surface area contributed by atoms with Crippen LogP contribution in [0.4, 0.5) is 4.79 Å². The number of rotatable bonds is 2. The third kappa shape index (κ3) is 3.90. The first kappa shape index (κ1) is 16.1. The van der Waals surface area contributed by atoms with E-state index in [2.05, 4.69) is 0 Å². The standard InChI is InChI=1S/C14H22N2O4S/c1-10(17)21-5-11(18)15-6-14(7-15)8-16(9-14)12(19)20-13(2,3)4/h5-9H2,1-4H3. The molecule has 0 unspecified atom stereocenters. The zero-order chi connectivity index (χ0) is 15.8. The van der Waals surface area contributed by atoms with Crippen molar-refractivity contribution in [1.82, 2.24) is 9.80 Å². The molecule has 0 aromatic heterocycles. The summed E-state index contributed by atoms with van der Waals surface area (Å²) < 4.78 is 5.31. The van der Waals surface area contributed by atoms with Crippen molar-refractivity contribution in [1.29, 1.82) is 0 Å². The highest BCUT2D eigenvalue weighted by atomic mass is 32.2. The highest BCUT2D eigenvalue weighted by Crippen LogP contribution is 2.40. The van der Waals surface area contributed by atoms with Crippen LogP contribution in [0, 0.1) is 5.41 Å². The van der Waals surface area contributed by atoms with Gasteiger partial charge in [-0.1, -0.05) is 11.8 Å². The van der Waals surface area contributed by atoms with Crippen molar-refractivity contribution in [2.75, 3.05) is 31.9 Å². The van der Waals surface area contributed by atoms with Crippen LogP contribution in [0.3, 0.4) is 0 Å². The molecule has 1 spiro atoms. The highest BCUT2D eigenvalue weighted by molar-refractivity contribution is 8.14. The lowest BCUT2D eigenvalue weighted by molar-refractivity contribution is -0.154. The lowest BCUT2D eigenvalue weighted by atomic mass is 9.73. The molecule has 2 saturated heterocycles. The van der Waals surface area contributed by atoms with Crippen LogP contribution in [0.25, 0.3) is 0 Å². The Labute approximate surface area is 129 Å². The Morgan fingerprint density at radius 3 is 2.10 bits per heavy atom. The molecular formula is C14H22N2O4S.